The Morgan fingerprint density at radius 2 is 2.33 bits per heavy atom. The van der Waals surface area contributed by atoms with Gasteiger partial charge in [0.25, 0.3) is 5.91 Å². The van der Waals surface area contributed by atoms with Crippen LogP contribution in [0.1, 0.15) is 41.1 Å². The maximum atomic E-state index is 12.4. The highest BCUT2D eigenvalue weighted by Gasteiger charge is 2.26. The number of rotatable bonds is 3. The summed E-state index contributed by atoms with van der Waals surface area (Å²) >= 11 is 0. The number of hydrogen-bond acceptors (Lipinski definition) is 3. The summed E-state index contributed by atoms with van der Waals surface area (Å²) in [5.41, 5.74) is 6.31. The summed E-state index contributed by atoms with van der Waals surface area (Å²) in [5.74, 6) is 2.18. The third kappa shape index (κ3) is 2.75. The van der Waals surface area contributed by atoms with Crippen molar-refractivity contribution in [3.8, 4) is 0 Å². The highest BCUT2D eigenvalue weighted by Crippen LogP contribution is 2.23. The number of amides is 1. The third-order valence-corrected chi connectivity index (χ3v) is 3.65. The smallest absolute Gasteiger partial charge is 0.257 e. The molecule has 1 aliphatic rings. The minimum Gasteiger partial charge on any atom is -0.466 e. The quantitative estimate of drug-likeness (QED) is 0.893. The van der Waals surface area contributed by atoms with Gasteiger partial charge in [-0.1, -0.05) is 0 Å². The molecule has 2 rings (SSSR count). The number of carbonyl (C=O) groups excluding carboxylic acids is 1. The van der Waals surface area contributed by atoms with E-state index in [0.717, 1.165) is 37.5 Å². The van der Waals surface area contributed by atoms with Crippen LogP contribution in [0.3, 0.4) is 0 Å². The largest absolute Gasteiger partial charge is 0.466 e. The normalized spacial score (nSPS) is 20.2. The molecule has 0 aliphatic carbocycles. The van der Waals surface area contributed by atoms with Gasteiger partial charge in [-0.05, 0) is 51.6 Å². The highest BCUT2D eigenvalue weighted by atomic mass is 16.3. The van der Waals surface area contributed by atoms with Gasteiger partial charge in [-0.2, -0.15) is 0 Å². The van der Waals surface area contributed by atoms with Crippen molar-refractivity contribution in [3.05, 3.63) is 23.2 Å². The lowest BCUT2D eigenvalue weighted by Gasteiger charge is -2.32. The summed E-state index contributed by atoms with van der Waals surface area (Å²) < 4.78 is 5.43. The Kier molecular flexibility index (Phi) is 4.07. The fraction of sp³-hybridized carbons (Fsp3) is 0.643. The molecule has 2 N–H and O–H groups in total. The van der Waals surface area contributed by atoms with Crippen molar-refractivity contribution in [1.29, 1.82) is 0 Å². The average Bonchev–Trinajstić information content (AvgIpc) is 2.68. The second-order valence-electron chi connectivity index (χ2n) is 5.16. The molecule has 18 heavy (non-hydrogen) atoms. The van der Waals surface area contributed by atoms with E-state index in [2.05, 4.69) is 0 Å². The Balaban J connectivity index is 2.06. The third-order valence-electron chi connectivity index (χ3n) is 3.65. The van der Waals surface area contributed by atoms with Gasteiger partial charge in [-0.15, -0.1) is 0 Å². The molecule has 100 valence electrons. The second-order valence-corrected chi connectivity index (χ2v) is 5.16. The van der Waals surface area contributed by atoms with E-state index in [0.29, 0.717) is 18.0 Å². The van der Waals surface area contributed by atoms with Crippen LogP contribution in [0.15, 0.2) is 10.5 Å². The van der Waals surface area contributed by atoms with Crippen LogP contribution in [-0.2, 0) is 0 Å². The van der Waals surface area contributed by atoms with Crippen LogP contribution in [0, 0.1) is 19.8 Å². The van der Waals surface area contributed by atoms with Crippen LogP contribution in [0.2, 0.25) is 0 Å². The zero-order chi connectivity index (χ0) is 13.1. The van der Waals surface area contributed by atoms with Gasteiger partial charge in [0.15, 0.2) is 0 Å². The molecule has 4 nitrogen and oxygen atoms in total. The number of nitrogens with zero attached hydrogens (tertiary/aromatic N) is 1. The van der Waals surface area contributed by atoms with Gasteiger partial charge < -0.3 is 15.1 Å². The number of piperidine rings is 1. The van der Waals surface area contributed by atoms with Crippen molar-refractivity contribution in [1.82, 2.24) is 4.90 Å². The molecule has 0 aromatic carbocycles. The first-order valence-electron chi connectivity index (χ1n) is 6.68. The number of furan rings is 1. The summed E-state index contributed by atoms with van der Waals surface area (Å²) in [7, 11) is 0. The maximum Gasteiger partial charge on any atom is 0.257 e. The molecular weight excluding hydrogens is 228 g/mol. The standard InChI is InChI=1S/C14H22N2O2/c1-10-8-13(11(2)18-10)14(17)16-7-3-4-12(9-16)5-6-15/h8,12H,3-7,9,15H2,1-2H3. The van der Waals surface area contributed by atoms with Gasteiger partial charge in [-0.3, -0.25) is 4.79 Å². The van der Waals surface area contributed by atoms with Crippen molar-refractivity contribution in [2.24, 2.45) is 11.7 Å². The molecule has 0 saturated carbocycles. The molecule has 1 aromatic heterocycles. The zero-order valence-corrected chi connectivity index (χ0v) is 11.2. The van der Waals surface area contributed by atoms with Gasteiger partial charge in [0, 0.05) is 13.1 Å². The van der Waals surface area contributed by atoms with Crippen LogP contribution >= 0.6 is 0 Å². The average molecular weight is 250 g/mol. The number of likely N-dealkylation sites (tertiary alicyclic amines) is 1. The van der Waals surface area contributed by atoms with Gasteiger partial charge in [0.1, 0.15) is 11.5 Å². The molecule has 4 heteroatoms. The zero-order valence-electron chi connectivity index (χ0n) is 11.2. The monoisotopic (exact) mass is 250 g/mol. The molecule has 0 spiro atoms. The Bertz CT molecular complexity index is 423. The lowest BCUT2D eigenvalue weighted by atomic mass is 9.94. The van der Waals surface area contributed by atoms with E-state index in [-0.39, 0.29) is 5.91 Å². The van der Waals surface area contributed by atoms with E-state index in [9.17, 15) is 4.79 Å². The van der Waals surface area contributed by atoms with E-state index < -0.39 is 0 Å². The van der Waals surface area contributed by atoms with Crippen molar-refractivity contribution < 1.29 is 9.21 Å². The van der Waals surface area contributed by atoms with Crippen LogP contribution in [0.4, 0.5) is 0 Å². The Morgan fingerprint density at radius 3 is 2.94 bits per heavy atom. The molecule has 2 heterocycles. The number of hydrogen-bond donors (Lipinski definition) is 1. The van der Waals surface area contributed by atoms with Crippen molar-refractivity contribution in [3.63, 3.8) is 0 Å². The molecule has 1 atom stereocenters. The molecule has 1 aliphatic heterocycles. The molecule has 1 unspecified atom stereocenters. The van der Waals surface area contributed by atoms with E-state index in [1.165, 1.54) is 6.42 Å². The van der Waals surface area contributed by atoms with Crippen LogP contribution < -0.4 is 5.73 Å². The topological polar surface area (TPSA) is 59.5 Å². The minimum atomic E-state index is 0.103. The summed E-state index contributed by atoms with van der Waals surface area (Å²) in [6, 6.07) is 1.84. The fourth-order valence-corrected chi connectivity index (χ4v) is 2.73. The Morgan fingerprint density at radius 1 is 1.56 bits per heavy atom. The van der Waals surface area contributed by atoms with Gasteiger partial charge in [-0.25, -0.2) is 0 Å². The SMILES string of the molecule is Cc1cc(C(=O)N2CCCC(CCN)C2)c(C)o1. The summed E-state index contributed by atoms with van der Waals surface area (Å²) in [4.78, 5) is 14.4. The molecule has 0 radical (unpaired) electrons. The van der Waals surface area contributed by atoms with Crippen LogP contribution in [0.25, 0.3) is 0 Å². The molecular formula is C14H22N2O2. The number of carbonyl (C=O) groups is 1. The predicted molar refractivity (Wildman–Crippen MR) is 70.5 cm³/mol. The van der Waals surface area contributed by atoms with Crippen molar-refractivity contribution in [2.75, 3.05) is 19.6 Å². The number of nitrogens with two attached hydrogens (primary N) is 1. The first kappa shape index (κ1) is 13.1. The molecule has 1 fully saturated rings. The van der Waals surface area contributed by atoms with Crippen molar-refractivity contribution in [2.45, 2.75) is 33.1 Å². The predicted octanol–water partition coefficient (Wildman–Crippen LogP) is 2.10. The maximum absolute atomic E-state index is 12.4. The first-order chi connectivity index (χ1) is 8.61. The fourth-order valence-electron chi connectivity index (χ4n) is 2.73. The van der Waals surface area contributed by atoms with Crippen LogP contribution in [0.5, 0.6) is 0 Å². The summed E-state index contributed by atoms with van der Waals surface area (Å²) in [5, 5.41) is 0. The van der Waals surface area contributed by atoms with E-state index in [4.69, 9.17) is 10.2 Å². The Labute approximate surface area is 108 Å². The van der Waals surface area contributed by atoms with Crippen LogP contribution in [-0.4, -0.2) is 30.4 Å². The van der Waals surface area contributed by atoms with E-state index >= 15 is 0 Å². The number of aryl methyl sites for hydroxylation is 2. The lowest BCUT2D eigenvalue weighted by molar-refractivity contribution is 0.0668. The van der Waals surface area contributed by atoms with E-state index in [1.807, 2.05) is 24.8 Å². The summed E-state index contributed by atoms with van der Waals surface area (Å²) in [6.07, 6.45) is 3.27. The highest BCUT2D eigenvalue weighted by molar-refractivity contribution is 5.95. The molecule has 1 aromatic rings. The molecule has 1 amide bonds. The molecule has 0 bridgehead atoms. The first-order valence-corrected chi connectivity index (χ1v) is 6.68. The molecule has 1 saturated heterocycles. The van der Waals surface area contributed by atoms with Gasteiger partial charge >= 0.3 is 0 Å². The minimum absolute atomic E-state index is 0.103. The van der Waals surface area contributed by atoms with E-state index in [1.54, 1.807) is 0 Å². The van der Waals surface area contributed by atoms with Gasteiger partial charge in [0.05, 0.1) is 5.56 Å². The Hall–Kier alpha value is -1.29. The van der Waals surface area contributed by atoms with Gasteiger partial charge in [0.2, 0.25) is 0 Å². The van der Waals surface area contributed by atoms with Crippen molar-refractivity contribution >= 4 is 5.91 Å². The summed E-state index contributed by atoms with van der Waals surface area (Å²) in [6.45, 7) is 6.11. The second kappa shape index (κ2) is 5.57. The lowest BCUT2D eigenvalue weighted by Crippen LogP contribution is -2.40.